The van der Waals surface area contributed by atoms with Crippen LogP contribution in [0.1, 0.15) is 13.3 Å². The SMILES string of the molecule is CCC1CNc2cccnc2S1. The molecular formula is C9H12N2S. The summed E-state index contributed by atoms with van der Waals surface area (Å²) >= 11 is 1.88. The molecule has 0 saturated heterocycles. The first-order valence-electron chi connectivity index (χ1n) is 4.25. The zero-order valence-electron chi connectivity index (χ0n) is 7.08. The van der Waals surface area contributed by atoms with Gasteiger partial charge in [-0.25, -0.2) is 4.98 Å². The lowest BCUT2D eigenvalue weighted by atomic mass is 10.3. The smallest absolute Gasteiger partial charge is 0.119 e. The zero-order chi connectivity index (χ0) is 8.39. The van der Waals surface area contributed by atoms with E-state index in [-0.39, 0.29) is 0 Å². The van der Waals surface area contributed by atoms with Gasteiger partial charge in [-0.1, -0.05) is 18.7 Å². The molecule has 0 radical (unpaired) electrons. The van der Waals surface area contributed by atoms with E-state index in [1.54, 1.807) is 0 Å². The van der Waals surface area contributed by atoms with E-state index in [0.717, 1.165) is 11.6 Å². The van der Waals surface area contributed by atoms with Crippen LogP contribution in [0.3, 0.4) is 0 Å². The maximum absolute atomic E-state index is 4.32. The second kappa shape index (κ2) is 3.35. The third-order valence-corrected chi connectivity index (χ3v) is 3.41. The lowest BCUT2D eigenvalue weighted by Crippen LogP contribution is -2.20. The Bertz CT molecular complexity index is 275. The lowest BCUT2D eigenvalue weighted by molar-refractivity contribution is 0.833. The van der Waals surface area contributed by atoms with Crippen LogP contribution in [0.2, 0.25) is 0 Å². The fraction of sp³-hybridized carbons (Fsp3) is 0.444. The van der Waals surface area contributed by atoms with Gasteiger partial charge in [-0.05, 0) is 18.6 Å². The van der Waals surface area contributed by atoms with Crippen LogP contribution in [-0.4, -0.2) is 16.8 Å². The molecule has 1 aliphatic heterocycles. The minimum Gasteiger partial charge on any atom is -0.382 e. The average Bonchev–Trinajstić information content (AvgIpc) is 2.17. The van der Waals surface area contributed by atoms with E-state index >= 15 is 0 Å². The number of pyridine rings is 1. The highest BCUT2D eigenvalue weighted by Gasteiger charge is 2.17. The molecule has 1 aliphatic rings. The maximum atomic E-state index is 4.32. The summed E-state index contributed by atoms with van der Waals surface area (Å²) in [4.78, 5) is 4.32. The Morgan fingerprint density at radius 2 is 2.67 bits per heavy atom. The summed E-state index contributed by atoms with van der Waals surface area (Å²) in [6.07, 6.45) is 3.05. The molecular weight excluding hydrogens is 168 g/mol. The van der Waals surface area contributed by atoms with Crippen molar-refractivity contribution in [1.29, 1.82) is 0 Å². The first kappa shape index (κ1) is 7.92. The molecule has 3 heteroatoms. The Labute approximate surface area is 76.8 Å². The van der Waals surface area contributed by atoms with Gasteiger partial charge in [0.1, 0.15) is 5.03 Å². The van der Waals surface area contributed by atoms with E-state index in [9.17, 15) is 0 Å². The minimum atomic E-state index is 0.687. The molecule has 0 aromatic carbocycles. The van der Waals surface area contributed by atoms with Crippen LogP contribution in [-0.2, 0) is 0 Å². The second-order valence-corrected chi connectivity index (χ2v) is 4.17. The Hall–Kier alpha value is -0.700. The predicted octanol–water partition coefficient (Wildman–Crippen LogP) is 2.38. The number of fused-ring (bicyclic) bond motifs is 1. The van der Waals surface area contributed by atoms with Crippen molar-refractivity contribution in [3.05, 3.63) is 18.3 Å². The van der Waals surface area contributed by atoms with Crippen molar-refractivity contribution in [2.75, 3.05) is 11.9 Å². The second-order valence-electron chi connectivity index (χ2n) is 2.89. The summed E-state index contributed by atoms with van der Waals surface area (Å²) in [5.41, 5.74) is 1.19. The molecule has 2 rings (SSSR count). The molecule has 2 heterocycles. The van der Waals surface area contributed by atoms with E-state index in [2.05, 4.69) is 23.3 Å². The summed E-state index contributed by atoms with van der Waals surface area (Å²) in [5, 5.41) is 5.22. The first-order valence-corrected chi connectivity index (χ1v) is 5.13. The molecule has 0 fully saturated rings. The van der Waals surface area contributed by atoms with E-state index < -0.39 is 0 Å². The average molecular weight is 180 g/mol. The number of rotatable bonds is 1. The van der Waals surface area contributed by atoms with Crippen molar-refractivity contribution in [2.45, 2.75) is 23.6 Å². The molecule has 1 aromatic rings. The summed E-state index contributed by atoms with van der Waals surface area (Å²) in [6, 6.07) is 4.06. The molecule has 0 bridgehead atoms. The fourth-order valence-corrected chi connectivity index (χ4v) is 2.31. The van der Waals surface area contributed by atoms with E-state index in [4.69, 9.17) is 0 Å². The van der Waals surface area contributed by atoms with Crippen LogP contribution in [0, 0.1) is 0 Å². The van der Waals surface area contributed by atoms with Crippen molar-refractivity contribution in [1.82, 2.24) is 4.98 Å². The molecule has 0 aliphatic carbocycles. The van der Waals surface area contributed by atoms with E-state index in [1.807, 2.05) is 24.0 Å². The topological polar surface area (TPSA) is 24.9 Å². The molecule has 1 aromatic heterocycles. The Morgan fingerprint density at radius 3 is 3.50 bits per heavy atom. The summed E-state index contributed by atoms with van der Waals surface area (Å²) in [7, 11) is 0. The summed E-state index contributed by atoms with van der Waals surface area (Å²) in [5.74, 6) is 0. The molecule has 1 N–H and O–H groups in total. The molecule has 1 atom stereocenters. The van der Waals surface area contributed by atoms with Crippen molar-refractivity contribution in [2.24, 2.45) is 0 Å². The van der Waals surface area contributed by atoms with Gasteiger partial charge in [0.25, 0.3) is 0 Å². The third kappa shape index (κ3) is 1.41. The molecule has 12 heavy (non-hydrogen) atoms. The van der Waals surface area contributed by atoms with Gasteiger partial charge in [0.2, 0.25) is 0 Å². The van der Waals surface area contributed by atoms with Crippen LogP contribution < -0.4 is 5.32 Å². The van der Waals surface area contributed by atoms with Crippen LogP contribution in [0.5, 0.6) is 0 Å². The van der Waals surface area contributed by atoms with Gasteiger partial charge in [0, 0.05) is 18.0 Å². The highest BCUT2D eigenvalue weighted by Crippen LogP contribution is 2.33. The van der Waals surface area contributed by atoms with Gasteiger partial charge in [-0.2, -0.15) is 0 Å². The summed E-state index contributed by atoms with van der Waals surface area (Å²) in [6.45, 7) is 3.28. The van der Waals surface area contributed by atoms with Crippen LogP contribution in [0.25, 0.3) is 0 Å². The molecule has 0 spiro atoms. The Kier molecular flexibility index (Phi) is 2.21. The molecule has 0 amide bonds. The van der Waals surface area contributed by atoms with Crippen molar-refractivity contribution >= 4 is 17.4 Å². The van der Waals surface area contributed by atoms with Crippen LogP contribution in [0.15, 0.2) is 23.4 Å². The van der Waals surface area contributed by atoms with Crippen LogP contribution >= 0.6 is 11.8 Å². The number of hydrogen-bond acceptors (Lipinski definition) is 3. The molecule has 1 unspecified atom stereocenters. The van der Waals surface area contributed by atoms with Gasteiger partial charge in [-0.15, -0.1) is 0 Å². The van der Waals surface area contributed by atoms with E-state index in [0.29, 0.717) is 5.25 Å². The highest BCUT2D eigenvalue weighted by molar-refractivity contribution is 8.00. The number of nitrogens with one attached hydrogen (secondary N) is 1. The van der Waals surface area contributed by atoms with Crippen molar-refractivity contribution < 1.29 is 0 Å². The van der Waals surface area contributed by atoms with E-state index in [1.165, 1.54) is 12.1 Å². The quantitative estimate of drug-likeness (QED) is 0.718. The summed E-state index contributed by atoms with van der Waals surface area (Å²) < 4.78 is 0. The Morgan fingerprint density at radius 1 is 1.75 bits per heavy atom. The Balaban J connectivity index is 2.23. The largest absolute Gasteiger partial charge is 0.382 e. The van der Waals surface area contributed by atoms with Crippen molar-refractivity contribution in [3.63, 3.8) is 0 Å². The van der Waals surface area contributed by atoms with Gasteiger partial charge in [0.15, 0.2) is 0 Å². The number of anilines is 1. The predicted molar refractivity (Wildman–Crippen MR) is 52.7 cm³/mol. The molecule has 0 saturated carbocycles. The monoisotopic (exact) mass is 180 g/mol. The standard InChI is InChI=1S/C9H12N2S/c1-2-7-6-11-8-4-3-5-10-9(8)12-7/h3-5,7,11H,2,6H2,1H3. The number of hydrogen-bond donors (Lipinski definition) is 1. The lowest BCUT2D eigenvalue weighted by Gasteiger charge is -2.23. The van der Waals surface area contributed by atoms with Gasteiger partial charge >= 0.3 is 0 Å². The number of aromatic nitrogens is 1. The van der Waals surface area contributed by atoms with Gasteiger partial charge < -0.3 is 5.32 Å². The minimum absolute atomic E-state index is 0.687. The third-order valence-electron chi connectivity index (χ3n) is 2.02. The van der Waals surface area contributed by atoms with Gasteiger partial charge in [-0.3, -0.25) is 0 Å². The molecule has 64 valence electrons. The number of nitrogens with zero attached hydrogens (tertiary/aromatic N) is 1. The van der Waals surface area contributed by atoms with Crippen LogP contribution in [0.4, 0.5) is 5.69 Å². The molecule has 2 nitrogen and oxygen atoms in total. The number of thioether (sulfide) groups is 1. The normalized spacial score (nSPS) is 21.2. The fourth-order valence-electron chi connectivity index (χ4n) is 1.27. The highest BCUT2D eigenvalue weighted by atomic mass is 32.2. The van der Waals surface area contributed by atoms with Gasteiger partial charge in [0.05, 0.1) is 5.69 Å². The first-order chi connectivity index (χ1) is 5.90. The maximum Gasteiger partial charge on any atom is 0.119 e. The zero-order valence-corrected chi connectivity index (χ0v) is 7.90. The van der Waals surface area contributed by atoms with Crippen molar-refractivity contribution in [3.8, 4) is 0 Å².